The van der Waals surface area contributed by atoms with Crippen molar-refractivity contribution in [2.45, 2.75) is 4.90 Å². The van der Waals surface area contributed by atoms with E-state index >= 15 is 0 Å². The summed E-state index contributed by atoms with van der Waals surface area (Å²) in [5.74, 6) is -0.520. The Hall–Kier alpha value is -1.05. The molecule has 0 heterocycles. The fourth-order valence-electron chi connectivity index (χ4n) is 0.829. The molecule has 0 fully saturated rings. The van der Waals surface area contributed by atoms with Crippen LogP contribution in [0.25, 0.3) is 0 Å². The Morgan fingerprint density at radius 3 is 2.69 bits per heavy atom. The van der Waals surface area contributed by atoms with E-state index in [0.717, 1.165) is 0 Å². The number of nitriles is 1. The van der Waals surface area contributed by atoms with Crippen LogP contribution < -0.4 is 0 Å². The Morgan fingerprint density at radius 1 is 1.46 bits per heavy atom. The zero-order chi connectivity index (χ0) is 9.90. The second-order valence-corrected chi connectivity index (χ2v) is 4.80. The second kappa shape index (κ2) is 3.77. The number of halogens is 1. The first kappa shape index (κ1) is 10.0. The zero-order valence-electron chi connectivity index (χ0n) is 6.57. The first-order valence-electron chi connectivity index (χ1n) is 3.41. The van der Waals surface area contributed by atoms with Crippen molar-refractivity contribution < 1.29 is 8.42 Å². The van der Waals surface area contributed by atoms with Gasteiger partial charge in [0.15, 0.2) is 9.84 Å². The lowest BCUT2D eigenvalue weighted by atomic mass is 10.4. The van der Waals surface area contributed by atoms with Crippen molar-refractivity contribution in [1.82, 2.24) is 0 Å². The summed E-state index contributed by atoms with van der Waals surface area (Å²) in [5, 5.41) is 8.62. The molecule has 0 bridgehead atoms. The minimum atomic E-state index is -3.48. The van der Waals surface area contributed by atoms with Gasteiger partial charge >= 0.3 is 0 Å². The fourth-order valence-corrected chi connectivity index (χ4v) is 2.01. The highest BCUT2D eigenvalue weighted by atomic mass is 35.5. The van der Waals surface area contributed by atoms with E-state index in [1.54, 1.807) is 12.1 Å². The van der Waals surface area contributed by atoms with Gasteiger partial charge in [0.2, 0.25) is 0 Å². The van der Waals surface area contributed by atoms with E-state index < -0.39 is 15.6 Å². The zero-order valence-corrected chi connectivity index (χ0v) is 8.14. The molecule has 1 rings (SSSR count). The highest BCUT2D eigenvalue weighted by Gasteiger charge is 2.13. The Labute approximate surface area is 81.5 Å². The van der Waals surface area contributed by atoms with Crippen molar-refractivity contribution in [3.63, 3.8) is 0 Å². The molecule has 0 N–H and O–H groups in total. The third-order valence-corrected chi connectivity index (χ3v) is 3.13. The first-order chi connectivity index (χ1) is 6.06. The summed E-state index contributed by atoms with van der Waals surface area (Å²) in [6.45, 7) is 0. The molecule has 0 aromatic heterocycles. The Balaban J connectivity index is 3.17. The third-order valence-electron chi connectivity index (χ3n) is 1.41. The minimum absolute atomic E-state index is 0.0848. The third kappa shape index (κ3) is 2.44. The van der Waals surface area contributed by atoms with E-state index in [1.165, 1.54) is 18.2 Å². The van der Waals surface area contributed by atoms with Crippen molar-refractivity contribution in [2.24, 2.45) is 0 Å². The van der Waals surface area contributed by atoms with Gasteiger partial charge in [0.25, 0.3) is 0 Å². The summed E-state index contributed by atoms with van der Waals surface area (Å²) < 4.78 is 22.6. The molecule has 5 heteroatoms. The monoisotopic (exact) mass is 215 g/mol. The maximum atomic E-state index is 11.3. The molecule has 0 radical (unpaired) electrons. The van der Waals surface area contributed by atoms with Gasteiger partial charge in [-0.1, -0.05) is 17.7 Å². The van der Waals surface area contributed by atoms with Crippen LogP contribution >= 0.6 is 11.6 Å². The molecule has 13 heavy (non-hydrogen) atoms. The van der Waals surface area contributed by atoms with Crippen LogP contribution in [0.5, 0.6) is 0 Å². The van der Waals surface area contributed by atoms with Crippen molar-refractivity contribution in [3.05, 3.63) is 29.3 Å². The molecule has 0 aliphatic carbocycles. The Morgan fingerprint density at radius 2 is 2.15 bits per heavy atom. The molecule has 0 spiro atoms. The standard InChI is InChI=1S/C8H6ClNO2S/c9-7-2-1-3-8(6-7)13(11,12)5-4-10/h1-3,6H,5H2. The molecule has 0 saturated heterocycles. The van der Waals surface area contributed by atoms with Crippen LogP contribution in [-0.2, 0) is 9.84 Å². The van der Waals surface area contributed by atoms with Crippen molar-refractivity contribution in [1.29, 1.82) is 5.26 Å². The van der Waals surface area contributed by atoms with E-state index in [2.05, 4.69) is 0 Å². The molecule has 1 aromatic carbocycles. The lowest BCUT2D eigenvalue weighted by molar-refractivity contribution is 0.599. The lowest BCUT2D eigenvalue weighted by Gasteiger charge is -1.98. The lowest BCUT2D eigenvalue weighted by Crippen LogP contribution is -2.04. The van der Waals surface area contributed by atoms with Crippen LogP contribution in [0, 0.1) is 11.3 Å². The van der Waals surface area contributed by atoms with Crippen LogP contribution in [-0.4, -0.2) is 14.2 Å². The average molecular weight is 216 g/mol. The maximum absolute atomic E-state index is 11.3. The van der Waals surface area contributed by atoms with E-state index in [0.29, 0.717) is 5.02 Å². The maximum Gasteiger partial charge on any atom is 0.191 e. The van der Waals surface area contributed by atoms with Gasteiger partial charge in [0, 0.05) is 5.02 Å². The molecule has 0 saturated carbocycles. The number of rotatable bonds is 2. The number of nitrogens with zero attached hydrogens (tertiary/aromatic N) is 1. The Bertz CT molecular complexity index is 447. The number of sulfone groups is 1. The summed E-state index contributed by atoms with van der Waals surface area (Å²) in [7, 11) is -3.48. The SMILES string of the molecule is N#CCS(=O)(=O)c1cccc(Cl)c1. The Kier molecular flexibility index (Phi) is 2.91. The van der Waals surface area contributed by atoms with Crippen LogP contribution in [0.4, 0.5) is 0 Å². The molecule has 68 valence electrons. The molecule has 1 aromatic rings. The molecule has 3 nitrogen and oxygen atoms in total. The molecule has 0 amide bonds. The fraction of sp³-hybridized carbons (Fsp3) is 0.125. The molecule has 0 aliphatic rings. The quantitative estimate of drug-likeness (QED) is 0.754. The number of hydrogen-bond donors (Lipinski definition) is 0. The highest BCUT2D eigenvalue weighted by molar-refractivity contribution is 7.91. The van der Waals surface area contributed by atoms with Crippen LogP contribution in [0.15, 0.2) is 29.2 Å². The second-order valence-electron chi connectivity index (χ2n) is 2.37. The van der Waals surface area contributed by atoms with E-state index in [-0.39, 0.29) is 4.90 Å². The van der Waals surface area contributed by atoms with Crippen molar-refractivity contribution in [2.75, 3.05) is 5.75 Å². The van der Waals surface area contributed by atoms with E-state index in [9.17, 15) is 8.42 Å². The molecule has 0 unspecified atom stereocenters. The number of hydrogen-bond acceptors (Lipinski definition) is 3. The molecule has 0 atom stereocenters. The van der Waals surface area contributed by atoms with Gasteiger partial charge in [0.1, 0.15) is 5.75 Å². The highest BCUT2D eigenvalue weighted by Crippen LogP contribution is 2.16. The summed E-state index contributed by atoms with van der Waals surface area (Å²) in [6.07, 6.45) is 0. The van der Waals surface area contributed by atoms with Crippen LogP contribution in [0.2, 0.25) is 5.02 Å². The first-order valence-corrected chi connectivity index (χ1v) is 5.44. The normalized spacial score (nSPS) is 10.8. The number of benzene rings is 1. The van der Waals surface area contributed by atoms with Crippen molar-refractivity contribution >= 4 is 21.4 Å². The largest absolute Gasteiger partial charge is 0.223 e. The molecule has 0 aliphatic heterocycles. The van der Waals surface area contributed by atoms with Gasteiger partial charge in [-0.25, -0.2) is 8.42 Å². The van der Waals surface area contributed by atoms with Gasteiger partial charge in [-0.3, -0.25) is 0 Å². The molecular formula is C8H6ClNO2S. The van der Waals surface area contributed by atoms with Gasteiger partial charge in [-0.15, -0.1) is 0 Å². The van der Waals surface area contributed by atoms with Gasteiger partial charge in [-0.2, -0.15) is 5.26 Å². The van der Waals surface area contributed by atoms with Crippen molar-refractivity contribution in [3.8, 4) is 6.07 Å². The summed E-state index contributed by atoms with van der Waals surface area (Å²) in [6, 6.07) is 7.45. The van der Waals surface area contributed by atoms with Gasteiger partial charge < -0.3 is 0 Å². The van der Waals surface area contributed by atoms with Gasteiger partial charge in [-0.05, 0) is 18.2 Å². The predicted molar refractivity (Wildman–Crippen MR) is 49.1 cm³/mol. The predicted octanol–water partition coefficient (Wildman–Crippen LogP) is 1.64. The minimum Gasteiger partial charge on any atom is -0.223 e. The molecular weight excluding hydrogens is 210 g/mol. The summed E-state index contributed by atoms with van der Waals surface area (Å²) >= 11 is 5.60. The van der Waals surface area contributed by atoms with E-state index in [4.69, 9.17) is 16.9 Å². The summed E-state index contributed by atoms with van der Waals surface area (Å²) in [4.78, 5) is 0.0848. The smallest absolute Gasteiger partial charge is 0.191 e. The van der Waals surface area contributed by atoms with Gasteiger partial charge in [0.05, 0.1) is 11.0 Å². The topological polar surface area (TPSA) is 57.9 Å². The van der Waals surface area contributed by atoms with Crippen LogP contribution in [0.1, 0.15) is 0 Å². The van der Waals surface area contributed by atoms with E-state index in [1.807, 2.05) is 0 Å². The summed E-state index contributed by atoms with van der Waals surface area (Å²) in [5.41, 5.74) is 0. The average Bonchev–Trinajstić information content (AvgIpc) is 2.04. The van der Waals surface area contributed by atoms with Crippen LogP contribution in [0.3, 0.4) is 0 Å².